The lowest BCUT2D eigenvalue weighted by atomic mass is 10.1. The fourth-order valence-corrected chi connectivity index (χ4v) is 2.61. The molecule has 0 aliphatic rings. The molecule has 0 atom stereocenters. The van der Waals surface area contributed by atoms with Crippen molar-refractivity contribution in [1.29, 1.82) is 0 Å². The van der Waals surface area contributed by atoms with Crippen molar-refractivity contribution in [3.8, 4) is 17.0 Å². The van der Waals surface area contributed by atoms with Crippen LogP contribution in [0.2, 0.25) is 0 Å². The topological polar surface area (TPSA) is 76.6 Å². The van der Waals surface area contributed by atoms with E-state index in [0.29, 0.717) is 11.7 Å². The van der Waals surface area contributed by atoms with Gasteiger partial charge in [-0.25, -0.2) is 4.98 Å². The maximum atomic E-state index is 5.42. The zero-order valence-corrected chi connectivity index (χ0v) is 12.2. The first-order valence-corrected chi connectivity index (χ1v) is 6.87. The van der Waals surface area contributed by atoms with Gasteiger partial charge in [0, 0.05) is 24.2 Å². The Kier molecular flexibility index (Phi) is 2.75. The lowest BCUT2D eigenvalue weighted by Gasteiger charge is -2.05. The number of aromatic amines is 1. The summed E-state index contributed by atoms with van der Waals surface area (Å²) >= 11 is 0. The number of hydrogen-bond acceptors (Lipinski definition) is 5. The molecule has 0 radical (unpaired) electrons. The Morgan fingerprint density at radius 3 is 2.68 bits per heavy atom. The number of fused-ring (bicyclic) bond motifs is 2. The molecule has 0 amide bonds. The minimum atomic E-state index is 0.568. The Labute approximate surface area is 126 Å². The first-order valence-electron chi connectivity index (χ1n) is 6.87. The molecule has 0 saturated carbocycles. The van der Waals surface area contributed by atoms with Crippen molar-refractivity contribution in [2.24, 2.45) is 0 Å². The van der Waals surface area contributed by atoms with Crippen LogP contribution in [0.15, 0.2) is 36.8 Å². The summed E-state index contributed by atoms with van der Waals surface area (Å²) in [4.78, 5) is 20.6. The van der Waals surface area contributed by atoms with Gasteiger partial charge in [0.1, 0.15) is 11.5 Å². The molecule has 0 spiro atoms. The molecule has 22 heavy (non-hydrogen) atoms. The van der Waals surface area contributed by atoms with Crippen molar-refractivity contribution >= 4 is 22.1 Å². The van der Waals surface area contributed by atoms with Gasteiger partial charge in [-0.15, -0.1) is 0 Å². The van der Waals surface area contributed by atoms with Crippen LogP contribution < -0.4 is 4.74 Å². The minimum Gasteiger partial charge on any atom is -0.480 e. The average Bonchev–Trinajstić information content (AvgIpc) is 2.97. The zero-order chi connectivity index (χ0) is 15.1. The maximum absolute atomic E-state index is 5.42. The third kappa shape index (κ3) is 1.88. The monoisotopic (exact) mass is 291 g/mol. The number of aromatic nitrogens is 5. The highest BCUT2D eigenvalue weighted by molar-refractivity contribution is 5.98. The van der Waals surface area contributed by atoms with Crippen LogP contribution in [-0.2, 0) is 0 Å². The maximum Gasteiger partial charge on any atom is 0.226 e. The second kappa shape index (κ2) is 4.77. The van der Waals surface area contributed by atoms with Gasteiger partial charge in [0.05, 0.1) is 23.5 Å². The van der Waals surface area contributed by atoms with E-state index in [4.69, 9.17) is 4.74 Å². The predicted octanol–water partition coefficient (Wildman–Crippen LogP) is 2.89. The van der Waals surface area contributed by atoms with Crippen molar-refractivity contribution in [2.75, 3.05) is 7.11 Å². The molecule has 6 heteroatoms. The highest BCUT2D eigenvalue weighted by Crippen LogP contribution is 2.34. The highest BCUT2D eigenvalue weighted by Gasteiger charge is 2.15. The number of methoxy groups -OCH3 is 1. The summed E-state index contributed by atoms with van der Waals surface area (Å²) in [6.07, 6.45) is 5.29. The quantitative estimate of drug-likeness (QED) is 0.614. The number of benzene rings is 1. The number of hydrogen-bond donors (Lipinski definition) is 1. The molecule has 0 fully saturated rings. The Balaban J connectivity index is 1.99. The Hall–Kier alpha value is -3.02. The van der Waals surface area contributed by atoms with Gasteiger partial charge in [-0.2, -0.15) is 4.98 Å². The van der Waals surface area contributed by atoms with Crippen LogP contribution in [0.25, 0.3) is 33.2 Å². The predicted molar refractivity (Wildman–Crippen MR) is 83.7 cm³/mol. The molecule has 3 heterocycles. The fraction of sp³-hybridized carbons (Fsp3) is 0.125. The van der Waals surface area contributed by atoms with Crippen LogP contribution in [0.3, 0.4) is 0 Å². The standard InChI is InChI=1S/C16H13N5O/c1-9-20-15-14(16(21-9)22-2)11(8-19-15)10-3-4-12-13(7-10)18-6-5-17-12/h3-8H,1-2H3,(H,19,20,21). The van der Waals surface area contributed by atoms with E-state index in [2.05, 4.69) is 24.9 Å². The first kappa shape index (κ1) is 12.7. The normalized spacial score (nSPS) is 11.2. The molecule has 0 saturated heterocycles. The SMILES string of the molecule is COc1nc(C)nc2[nH]cc(-c3ccc4nccnc4c3)c12. The van der Waals surface area contributed by atoms with Gasteiger partial charge in [-0.1, -0.05) is 6.07 Å². The summed E-state index contributed by atoms with van der Waals surface area (Å²) in [7, 11) is 1.61. The molecule has 4 aromatic rings. The van der Waals surface area contributed by atoms with Crippen molar-refractivity contribution in [1.82, 2.24) is 24.9 Å². The summed E-state index contributed by atoms with van der Waals surface area (Å²) in [6.45, 7) is 1.84. The smallest absolute Gasteiger partial charge is 0.226 e. The van der Waals surface area contributed by atoms with E-state index in [1.807, 2.05) is 31.3 Å². The molecule has 0 aliphatic carbocycles. The van der Waals surface area contributed by atoms with Crippen LogP contribution in [0.5, 0.6) is 5.88 Å². The molecule has 4 rings (SSSR count). The largest absolute Gasteiger partial charge is 0.480 e. The van der Waals surface area contributed by atoms with Gasteiger partial charge in [-0.3, -0.25) is 9.97 Å². The summed E-state index contributed by atoms with van der Waals surface area (Å²) < 4.78 is 5.42. The van der Waals surface area contributed by atoms with E-state index >= 15 is 0 Å². The molecule has 6 nitrogen and oxygen atoms in total. The molecule has 108 valence electrons. The number of nitrogens with zero attached hydrogens (tertiary/aromatic N) is 4. The van der Waals surface area contributed by atoms with Crippen LogP contribution in [0, 0.1) is 6.92 Å². The zero-order valence-electron chi connectivity index (χ0n) is 12.2. The Morgan fingerprint density at radius 1 is 1.05 bits per heavy atom. The van der Waals surface area contributed by atoms with E-state index in [9.17, 15) is 0 Å². The third-order valence-corrected chi connectivity index (χ3v) is 3.58. The summed E-state index contributed by atoms with van der Waals surface area (Å²) in [5, 5.41) is 0.872. The number of rotatable bonds is 2. The molecule has 0 unspecified atom stereocenters. The average molecular weight is 291 g/mol. The van der Waals surface area contributed by atoms with Gasteiger partial charge in [0.2, 0.25) is 5.88 Å². The van der Waals surface area contributed by atoms with Crippen molar-refractivity contribution < 1.29 is 4.74 Å². The number of ether oxygens (including phenoxy) is 1. The number of H-pyrrole nitrogens is 1. The van der Waals surface area contributed by atoms with Crippen LogP contribution in [0.4, 0.5) is 0 Å². The van der Waals surface area contributed by atoms with Gasteiger partial charge in [-0.05, 0) is 24.6 Å². The Bertz CT molecular complexity index is 992. The molecule has 3 aromatic heterocycles. The minimum absolute atomic E-state index is 0.568. The molecular weight excluding hydrogens is 278 g/mol. The van der Waals surface area contributed by atoms with Gasteiger partial charge >= 0.3 is 0 Å². The fourth-order valence-electron chi connectivity index (χ4n) is 2.61. The van der Waals surface area contributed by atoms with Gasteiger partial charge < -0.3 is 9.72 Å². The molecule has 0 aliphatic heterocycles. The van der Waals surface area contributed by atoms with Gasteiger partial charge in [0.25, 0.3) is 0 Å². The lowest BCUT2D eigenvalue weighted by Crippen LogP contribution is -1.94. The van der Waals surface area contributed by atoms with E-state index in [-0.39, 0.29) is 0 Å². The molecule has 1 aromatic carbocycles. The van der Waals surface area contributed by atoms with E-state index in [0.717, 1.165) is 33.2 Å². The second-order valence-electron chi connectivity index (χ2n) is 4.97. The summed E-state index contributed by atoms with van der Waals surface area (Å²) in [5.41, 5.74) is 4.48. The van der Waals surface area contributed by atoms with Crippen molar-refractivity contribution in [2.45, 2.75) is 6.92 Å². The van der Waals surface area contributed by atoms with Crippen LogP contribution >= 0.6 is 0 Å². The van der Waals surface area contributed by atoms with Crippen LogP contribution in [-0.4, -0.2) is 32.0 Å². The highest BCUT2D eigenvalue weighted by atomic mass is 16.5. The lowest BCUT2D eigenvalue weighted by molar-refractivity contribution is 0.401. The number of aryl methyl sites for hydroxylation is 1. The van der Waals surface area contributed by atoms with Gasteiger partial charge in [0.15, 0.2) is 0 Å². The van der Waals surface area contributed by atoms with E-state index in [1.165, 1.54) is 0 Å². The van der Waals surface area contributed by atoms with E-state index < -0.39 is 0 Å². The molecular formula is C16H13N5O. The second-order valence-corrected chi connectivity index (χ2v) is 4.97. The summed E-state index contributed by atoms with van der Waals surface area (Å²) in [6, 6.07) is 5.97. The van der Waals surface area contributed by atoms with Crippen LogP contribution in [0.1, 0.15) is 5.82 Å². The first-order chi connectivity index (χ1) is 10.8. The third-order valence-electron chi connectivity index (χ3n) is 3.58. The Morgan fingerprint density at radius 2 is 1.86 bits per heavy atom. The number of nitrogens with one attached hydrogen (secondary N) is 1. The van der Waals surface area contributed by atoms with Crippen molar-refractivity contribution in [3.63, 3.8) is 0 Å². The van der Waals surface area contributed by atoms with E-state index in [1.54, 1.807) is 19.5 Å². The van der Waals surface area contributed by atoms with Crippen molar-refractivity contribution in [3.05, 3.63) is 42.6 Å². The molecule has 0 bridgehead atoms. The summed E-state index contributed by atoms with van der Waals surface area (Å²) in [5.74, 6) is 1.24. The molecule has 1 N–H and O–H groups in total.